The van der Waals surface area contributed by atoms with Crippen molar-refractivity contribution < 1.29 is 9.21 Å². The van der Waals surface area contributed by atoms with Gasteiger partial charge in [0.15, 0.2) is 0 Å². The van der Waals surface area contributed by atoms with Gasteiger partial charge >= 0.3 is 0 Å². The number of hydrogen-bond acceptors (Lipinski definition) is 2. The third-order valence-electron chi connectivity index (χ3n) is 3.30. The average Bonchev–Trinajstić information content (AvgIpc) is 2.84. The van der Waals surface area contributed by atoms with E-state index >= 15 is 0 Å². The maximum absolute atomic E-state index is 12.3. The number of rotatable bonds is 5. The molecule has 0 saturated carbocycles. The van der Waals surface area contributed by atoms with E-state index in [1.54, 1.807) is 12.2 Å². The van der Waals surface area contributed by atoms with Gasteiger partial charge in [-0.05, 0) is 38.0 Å². The van der Waals surface area contributed by atoms with Crippen molar-refractivity contribution in [1.29, 1.82) is 0 Å². The molecule has 0 unspecified atom stereocenters. The quantitative estimate of drug-likeness (QED) is 0.766. The van der Waals surface area contributed by atoms with Gasteiger partial charge in [0.2, 0.25) is 5.91 Å². The first-order chi connectivity index (χ1) is 9.97. The molecular weight excluding hydrogens is 262 g/mol. The fraction of sp³-hybridized carbons (Fsp3) is 0.389. The van der Waals surface area contributed by atoms with E-state index in [0.717, 1.165) is 17.5 Å². The number of furan rings is 1. The van der Waals surface area contributed by atoms with E-state index in [9.17, 15) is 4.79 Å². The Kier molecular flexibility index (Phi) is 4.84. The molecule has 1 aromatic heterocycles. The first-order valence-corrected chi connectivity index (χ1v) is 7.44. The summed E-state index contributed by atoms with van der Waals surface area (Å²) in [5, 5.41) is 1.05. The minimum absolute atomic E-state index is 0.0270. The Labute approximate surface area is 126 Å². The monoisotopic (exact) mass is 285 g/mol. The van der Waals surface area contributed by atoms with Gasteiger partial charge < -0.3 is 9.32 Å². The fourth-order valence-electron chi connectivity index (χ4n) is 2.28. The first kappa shape index (κ1) is 15.4. The fourth-order valence-corrected chi connectivity index (χ4v) is 2.28. The molecule has 0 N–H and O–H groups in total. The summed E-state index contributed by atoms with van der Waals surface area (Å²) in [7, 11) is 0. The zero-order chi connectivity index (χ0) is 15.4. The third kappa shape index (κ3) is 3.97. The van der Waals surface area contributed by atoms with Crippen LogP contribution < -0.4 is 0 Å². The van der Waals surface area contributed by atoms with E-state index in [0.29, 0.717) is 11.7 Å². The summed E-state index contributed by atoms with van der Waals surface area (Å²) in [6.45, 7) is 9.07. The van der Waals surface area contributed by atoms with Crippen molar-refractivity contribution in [2.75, 3.05) is 6.54 Å². The first-order valence-electron chi connectivity index (χ1n) is 7.44. The highest BCUT2D eigenvalue weighted by Gasteiger charge is 2.15. The van der Waals surface area contributed by atoms with Crippen LogP contribution in [0.5, 0.6) is 0 Å². The molecule has 0 aliphatic carbocycles. The van der Waals surface area contributed by atoms with Crippen LogP contribution in [0.1, 0.15) is 33.5 Å². The van der Waals surface area contributed by atoms with Gasteiger partial charge in [0.25, 0.3) is 0 Å². The molecule has 3 nitrogen and oxygen atoms in total. The number of hydrogen-bond donors (Lipinski definition) is 0. The normalized spacial score (nSPS) is 11.9. The van der Waals surface area contributed by atoms with E-state index in [4.69, 9.17) is 4.42 Å². The summed E-state index contributed by atoms with van der Waals surface area (Å²) in [6.07, 6.45) is 3.35. The molecule has 0 spiro atoms. The van der Waals surface area contributed by atoms with Crippen molar-refractivity contribution in [3.8, 4) is 0 Å². The number of amides is 1. The summed E-state index contributed by atoms with van der Waals surface area (Å²) < 4.78 is 5.68. The Morgan fingerprint density at radius 1 is 1.24 bits per heavy atom. The summed E-state index contributed by atoms with van der Waals surface area (Å²) >= 11 is 0. The molecular formula is C18H23NO2. The zero-order valence-corrected chi connectivity index (χ0v) is 13.2. The lowest BCUT2D eigenvalue weighted by atomic mass is 10.1. The Morgan fingerprint density at radius 2 is 1.95 bits per heavy atom. The van der Waals surface area contributed by atoms with Gasteiger partial charge in [-0.25, -0.2) is 0 Å². The van der Waals surface area contributed by atoms with Gasteiger partial charge in [0.1, 0.15) is 11.3 Å². The van der Waals surface area contributed by atoms with Gasteiger partial charge in [-0.2, -0.15) is 0 Å². The molecule has 0 bridgehead atoms. The molecule has 0 fully saturated rings. The number of carbonyl (C=O) groups is 1. The summed E-state index contributed by atoms with van der Waals surface area (Å²) in [6, 6.07) is 9.97. The average molecular weight is 285 g/mol. The molecule has 21 heavy (non-hydrogen) atoms. The molecule has 0 saturated heterocycles. The van der Waals surface area contributed by atoms with E-state index in [2.05, 4.69) is 13.8 Å². The summed E-state index contributed by atoms with van der Waals surface area (Å²) in [4.78, 5) is 14.2. The van der Waals surface area contributed by atoms with Crippen LogP contribution >= 0.6 is 0 Å². The Balaban J connectivity index is 2.13. The largest absolute Gasteiger partial charge is 0.457 e. The maximum Gasteiger partial charge on any atom is 0.246 e. The van der Waals surface area contributed by atoms with Gasteiger partial charge in [0, 0.05) is 24.0 Å². The van der Waals surface area contributed by atoms with Gasteiger partial charge in [-0.1, -0.05) is 32.0 Å². The van der Waals surface area contributed by atoms with Crippen LogP contribution in [-0.4, -0.2) is 23.4 Å². The predicted octanol–water partition coefficient (Wildman–Crippen LogP) is 4.34. The SMILES string of the molecule is CC(C)CN(C(=O)/C=C/c1cc2ccccc2o1)C(C)C. The van der Waals surface area contributed by atoms with Crippen LogP contribution in [0.25, 0.3) is 17.0 Å². The Bertz CT molecular complexity index is 604. The van der Waals surface area contributed by atoms with E-state index in [-0.39, 0.29) is 11.9 Å². The molecule has 2 aromatic rings. The van der Waals surface area contributed by atoms with Crippen molar-refractivity contribution in [2.45, 2.75) is 33.7 Å². The van der Waals surface area contributed by atoms with Crippen LogP contribution in [0.2, 0.25) is 0 Å². The lowest BCUT2D eigenvalue weighted by molar-refractivity contribution is -0.128. The van der Waals surface area contributed by atoms with Crippen molar-refractivity contribution in [3.63, 3.8) is 0 Å². The number of nitrogens with zero attached hydrogens (tertiary/aromatic N) is 1. The number of para-hydroxylation sites is 1. The van der Waals surface area contributed by atoms with Crippen molar-refractivity contribution in [1.82, 2.24) is 4.90 Å². The van der Waals surface area contributed by atoms with Crippen LogP contribution in [0, 0.1) is 5.92 Å². The highest BCUT2D eigenvalue weighted by atomic mass is 16.3. The molecule has 2 rings (SSSR count). The molecule has 1 aromatic carbocycles. The molecule has 1 amide bonds. The van der Waals surface area contributed by atoms with Gasteiger partial charge in [-0.3, -0.25) is 4.79 Å². The van der Waals surface area contributed by atoms with E-state index in [1.807, 2.05) is 49.1 Å². The van der Waals surface area contributed by atoms with Gasteiger partial charge in [-0.15, -0.1) is 0 Å². The maximum atomic E-state index is 12.3. The number of carbonyl (C=O) groups excluding carboxylic acids is 1. The van der Waals surface area contributed by atoms with Crippen LogP contribution in [-0.2, 0) is 4.79 Å². The van der Waals surface area contributed by atoms with Crippen molar-refractivity contribution >= 4 is 23.0 Å². The topological polar surface area (TPSA) is 33.5 Å². The Morgan fingerprint density at radius 3 is 2.57 bits per heavy atom. The minimum atomic E-state index is 0.0270. The van der Waals surface area contributed by atoms with Crippen LogP contribution in [0.3, 0.4) is 0 Å². The smallest absolute Gasteiger partial charge is 0.246 e. The number of fused-ring (bicyclic) bond motifs is 1. The molecule has 0 aliphatic rings. The predicted molar refractivity (Wildman–Crippen MR) is 86.9 cm³/mol. The molecule has 0 radical (unpaired) electrons. The lowest BCUT2D eigenvalue weighted by Crippen LogP contribution is -2.38. The third-order valence-corrected chi connectivity index (χ3v) is 3.30. The molecule has 1 heterocycles. The Hall–Kier alpha value is -2.03. The standard InChI is InChI=1S/C18H23NO2/c1-13(2)12-19(14(3)4)18(20)10-9-16-11-15-7-5-6-8-17(15)21-16/h5-11,13-14H,12H2,1-4H3/b10-9+. The van der Waals surface area contributed by atoms with Crippen molar-refractivity contribution in [3.05, 3.63) is 42.2 Å². The summed E-state index contributed by atoms with van der Waals surface area (Å²) in [5.74, 6) is 1.19. The molecule has 112 valence electrons. The van der Waals surface area contributed by atoms with E-state index in [1.165, 1.54) is 0 Å². The van der Waals surface area contributed by atoms with Gasteiger partial charge in [0.05, 0.1) is 0 Å². The van der Waals surface area contributed by atoms with Crippen molar-refractivity contribution in [2.24, 2.45) is 5.92 Å². The molecule has 0 aliphatic heterocycles. The second-order valence-electron chi connectivity index (χ2n) is 6.00. The molecule has 3 heteroatoms. The molecule has 0 atom stereocenters. The summed E-state index contributed by atoms with van der Waals surface area (Å²) in [5.41, 5.74) is 0.840. The van der Waals surface area contributed by atoms with E-state index < -0.39 is 0 Å². The van der Waals surface area contributed by atoms with Crippen LogP contribution in [0.4, 0.5) is 0 Å². The lowest BCUT2D eigenvalue weighted by Gasteiger charge is -2.27. The second kappa shape index (κ2) is 6.61. The minimum Gasteiger partial charge on any atom is -0.457 e. The highest BCUT2D eigenvalue weighted by molar-refractivity contribution is 5.92. The number of benzene rings is 1. The van der Waals surface area contributed by atoms with Crippen LogP contribution in [0.15, 0.2) is 40.8 Å². The second-order valence-corrected chi connectivity index (χ2v) is 6.00. The zero-order valence-electron chi connectivity index (χ0n) is 13.2. The highest BCUT2D eigenvalue weighted by Crippen LogP contribution is 2.19.